The fraction of sp³-hybridized carbons (Fsp3) is 0. The van der Waals surface area contributed by atoms with Crippen molar-refractivity contribution < 1.29 is 0 Å². The number of nitrogen functional groups attached to an aromatic ring is 1. The molecule has 0 aliphatic heterocycles. The van der Waals surface area contributed by atoms with Gasteiger partial charge in [0.15, 0.2) is 0 Å². The lowest BCUT2D eigenvalue weighted by Crippen LogP contribution is -1.86. The minimum atomic E-state index is 0.254. The standard InChI is InChI=1S/C10H8ClN3/c11-10-13-5-8(6-14-10)7-1-3-9(12)4-2-7/h1-6H,12H2. The van der Waals surface area contributed by atoms with Crippen LogP contribution in [0.5, 0.6) is 0 Å². The molecule has 0 spiro atoms. The SMILES string of the molecule is Nc1ccc(-c2cnc(Cl)nc2)cc1. The van der Waals surface area contributed by atoms with Crippen LogP contribution in [0.15, 0.2) is 36.7 Å². The molecular weight excluding hydrogens is 198 g/mol. The summed E-state index contributed by atoms with van der Waals surface area (Å²) in [5, 5.41) is 0.254. The van der Waals surface area contributed by atoms with Gasteiger partial charge in [-0.05, 0) is 29.3 Å². The van der Waals surface area contributed by atoms with Gasteiger partial charge in [-0.2, -0.15) is 0 Å². The molecule has 0 bridgehead atoms. The Morgan fingerprint density at radius 3 is 2.07 bits per heavy atom. The van der Waals surface area contributed by atoms with E-state index < -0.39 is 0 Å². The summed E-state index contributed by atoms with van der Waals surface area (Å²) < 4.78 is 0. The molecule has 4 heteroatoms. The average Bonchev–Trinajstić information content (AvgIpc) is 2.21. The number of hydrogen-bond acceptors (Lipinski definition) is 3. The van der Waals surface area contributed by atoms with Gasteiger partial charge in [-0.15, -0.1) is 0 Å². The van der Waals surface area contributed by atoms with Gasteiger partial charge in [0.1, 0.15) is 0 Å². The predicted molar refractivity (Wildman–Crippen MR) is 56.9 cm³/mol. The van der Waals surface area contributed by atoms with Crippen molar-refractivity contribution in [3.05, 3.63) is 41.9 Å². The first-order valence-corrected chi connectivity index (χ1v) is 4.47. The molecule has 0 aliphatic rings. The van der Waals surface area contributed by atoms with Crippen LogP contribution in [0.25, 0.3) is 11.1 Å². The second-order valence-corrected chi connectivity index (χ2v) is 3.20. The van der Waals surface area contributed by atoms with Crippen molar-refractivity contribution in [2.24, 2.45) is 0 Å². The lowest BCUT2D eigenvalue weighted by Gasteiger charge is -2.00. The maximum absolute atomic E-state index is 5.58. The van der Waals surface area contributed by atoms with Gasteiger partial charge in [-0.1, -0.05) is 12.1 Å². The zero-order valence-electron chi connectivity index (χ0n) is 7.31. The van der Waals surface area contributed by atoms with Gasteiger partial charge in [0.05, 0.1) is 0 Å². The van der Waals surface area contributed by atoms with Crippen LogP contribution < -0.4 is 5.73 Å². The Labute approximate surface area is 86.6 Å². The predicted octanol–water partition coefficient (Wildman–Crippen LogP) is 2.38. The number of hydrogen-bond donors (Lipinski definition) is 1. The lowest BCUT2D eigenvalue weighted by atomic mass is 10.1. The molecule has 1 heterocycles. The molecular formula is C10H8ClN3. The molecule has 0 unspecified atom stereocenters. The Bertz CT molecular complexity index is 379. The van der Waals surface area contributed by atoms with E-state index in [2.05, 4.69) is 9.97 Å². The number of aromatic nitrogens is 2. The number of nitrogens with zero attached hydrogens (tertiary/aromatic N) is 2. The molecule has 1 aromatic heterocycles. The number of rotatable bonds is 1. The number of anilines is 1. The maximum atomic E-state index is 5.58. The zero-order chi connectivity index (χ0) is 9.97. The maximum Gasteiger partial charge on any atom is 0.222 e. The van der Waals surface area contributed by atoms with Crippen molar-refractivity contribution in [3.63, 3.8) is 0 Å². The molecule has 1 aromatic carbocycles. The van der Waals surface area contributed by atoms with E-state index >= 15 is 0 Å². The first-order chi connectivity index (χ1) is 6.75. The van der Waals surface area contributed by atoms with E-state index in [0.717, 1.165) is 16.8 Å². The molecule has 2 rings (SSSR count). The minimum absolute atomic E-state index is 0.254. The fourth-order valence-corrected chi connectivity index (χ4v) is 1.23. The van der Waals surface area contributed by atoms with Crippen molar-refractivity contribution in [2.45, 2.75) is 0 Å². The smallest absolute Gasteiger partial charge is 0.222 e. The molecule has 3 nitrogen and oxygen atoms in total. The first-order valence-electron chi connectivity index (χ1n) is 4.09. The summed E-state index contributed by atoms with van der Waals surface area (Å²) in [6.07, 6.45) is 3.36. The van der Waals surface area contributed by atoms with E-state index in [1.54, 1.807) is 12.4 Å². The first kappa shape index (κ1) is 8.97. The highest BCUT2D eigenvalue weighted by Crippen LogP contribution is 2.19. The normalized spacial score (nSPS) is 10.1. The number of benzene rings is 1. The van der Waals surface area contributed by atoms with Gasteiger partial charge in [-0.25, -0.2) is 9.97 Å². The van der Waals surface area contributed by atoms with Crippen molar-refractivity contribution in [1.82, 2.24) is 9.97 Å². The fourth-order valence-electron chi connectivity index (χ4n) is 1.14. The average molecular weight is 206 g/mol. The Morgan fingerprint density at radius 2 is 1.50 bits per heavy atom. The minimum Gasteiger partial charge on any atom is -0.399 e. The van der Waals surface area contributed by atoms with Crippen LogP contribution >= 0.6 is 11.6 Å². The van der Waals surface area contributed by atoms with Gasteiger partial charge in [0.2, 0.25) is 5.28 Å². The summed E-state index contributed by atoms with van der Waals surface area (Å²) in [5.74, 6) is 0. The summed E-state index contributed by atoms with van der Waals surface area (Å²) in [4.78, 5) is 7.80. The third-order valence-corrected chi connectivity index (χ3v) is 2.06. The number of nitrogens with two attached hydrogens (primary N) is 1. The van der Waals surface area contributed by atoms with E-state index in [1.165, 1.54) is 0 Å². The quantitative estimate of drug-likeness (QED) is 0.575. The van der Waals surface area contributed by atoms with Crippen LogP contribution in [0.1, 0.15) is 0 Å². The second kappa shape index (κ2) is 3.64. The molecule has 0 aliphatic carbocycles. The van der Waals surface area contributed by atoms with Crippen LogP contribution in [0.3, 0.4) is 0 Å². The number of halogens is 1. The molecule has 0 fully saturated rings. The zero-order valence-corrected chi connectivity index (χ0v) is 8.07. The summed E-state index contributed by atoms with van der Waals surface area (Å²) in [7, 11) is 0. The van der Waals surface area contributed by atoms with E-state index in [9.17, 15) is 0 Å². The molecule has 0 atom stereocenters. The van der Waals surface area contributed by atoms with Gasteiger partial charge in [0.25, 0.3) is 0 Å². The van der Waals surface area contributed by atoms with Crippen molar-refractivity contribution in [2.75, 3.05) is 5.73 Å². The molecule has 0 saturated heterocycles. The van der Waals surface area contributed by atoms with E-state index in [-0.39, 0.29) is 5.28 Å². The third kappa shape index (κ3) is 1.83. The highest BCUT2D eigenvalue weighted by atomic mass is 35.5. The molecule has 2 N–H and O–H groups in total. The molecule has 0 amide bonds. The Kier molecular flexibility index (Phi) is 2.33. The van der Waals surface area contributed by atoms with Crippen molar-refractivity contribution in [1.29, 1.82) is 0 Å². The topological polar surface area (TPSA) is 51.8 Å². The van der Waals surface area contributed by atoms with Gasteiger partial charge >= 0.3 is 0 Å². The van der Waals surface area contributed by atoms with Crippen molar-refractivity contribution >= 4 is 17.3 Å². The largest absolute Gasteiger partial charge is 0.399 e. The van der Waals surface area contributed by atoms with Crippen LogP contribution in [0.4, 0.5) is 5.69 Å². The van der Waals surface area contributed by atoms with Crippen LogP contribution in [-0.4, -0.2) is 9.97 Å². The Morgan fingerprint density at radius 1 is 0.929 bits per heavy atom. The van der Waals surface area contributed by atoms with Crippen molar-refractivity contribution in [3.8, 4) is 11.1 Å². The van der Waals surface area contributed by atoms with Crippen LogP contribution in [-0.2, 0) is 0 Å². The molecule has 14 heavy (non-hydrogen) atoms. The lowest BCUT2D eigenvalue weighted by molar-refractivity contribution is 1.17. The highest BCUT2D eigenvalue weighted by Gasteiger charge is 1.98. The van der Waals surface area contributed by atoms with E-state index in [1.807, 2.05) is 24.3 Å². The summed E-state index contributed by atoms with van der Waals surface area (Å²) in [5.41, 5.74) is 8.27. The van der Waals surface area contributed by atoms with E-state index in [4.69, 9.17) is 17.3 Å². The summed E-state index contributed by atoms with van der Waals surface area (Å²) in [6.45, 7) is 0. The van der Waals surface area contributed by atoms with Crippen LogP contribution in [0.2, 0.25) is 5.28 Å². The molecule has 0 saturated carbocycles. The van der Waals surface area contributed by atoms with E-state index in [0.29, 0.717) is 0 Å². The van der Waals surface area contributed by atoms with Gasteiger partial charge < -0.3 is 5.73 Å². The molecule has 2 aromatic rings. The highest BCUT2D eigenvalue weighted by molar-refractivity contribution is 6.28. The van der Waals surface area contributed by atoms with Crippen LogP contribution in [0, 0.1) is 0 Å². The Hall–Kier alpha value is -1.61. The Balaban J connectivity index is 2.40. The second-order valence-electron chi connectivity index (χ2n) is 2.86. The van der Waals surface area contributed by atoms with Gasteiger partial charge in [-0.3, -0.25) is 0 Å². The summed E-state index contributed by atoms with van der Waals surface area (Å²) >= 11 is 5.58. The molecule has 0 radical (unpaired) electrons. The third-order valence-electron chi connectivity index (χ3n) is 1.86. The molecule has 70 valence electrons. The van der Waals surface area contributed by atoms with Gasteiger partial charge in [0, 0.05) is 23.6 Å². The summed E-state index contributed by atoms with van der Waals surface area (Å²) in [6, 6.07) is 7.51. The monoisotopic (exact) mass is 205 g/mol.